The van der Waals surface area contributed by atoms with Gasteiger partial charge in [-0.15, -0.1) is 0 Å². The third-order valence-corrected chi connectivity index (χ3v) is 5.38. The summed E-state index contributed by atoms with van der Waals surface area (Å²) in [6.45, 7) is 1.71. The fourth-order valence-electron chi connectivity index (χ4n) is 1.78. The van der Waals surface area contributed by atoms with Crippen LogP contribution in [0.5, 0.6) is 0 Å². The van der Waals surface area contributed by atoms with Gasteiger partial charge in [0.1, 0.15) is 5.82 Å². The highest BCUT2D eigenvalue weighted by Crippen LogP contribution is 2.23. The maximum Gasteiger partial charge on any atom is 0.242 e. The van der Waals surface area contributed by atoms with Crippen molar-refractivity contribution in [1.82, 2.24) is 4.72 Å². The number of hydrogen-bond donors (Lipinski definition) is 1. The Morgan fingerprint density at radius 3 is 2.30 bits per heavy atom. The van der Waals surface area contributed by atoms with E-state index < -0.39 is 16.1 Å². The van der Waals surface area contributed by atoms with Gasteiger partial charge in [0.05, 0.1) is 4.90 Å². The first-order chi connectivity index (χ1) is 9.40. The van der Waals surface area contributed by atoms with Gasteiger partial charge in [0.2, 0.25) is 10.0 Å². The lowest BCUT2D eigenvalue weighted by Crippen LogP contribution is -2.27. The van der Waals surface area contributed by atoms with E-state index in [1.807, 2.05) is 0 Å². The number of halogens is 2. The van der Waals surface area contributed by atoms with E-state index in [-0.39, 0.29) is 10.7 Å². The molecule has 0 saturated carbocycles. The van der Waals surface area contributed by atoms with Crippen LogP contribution in [-0.4, -0.2) is 8.42 Å². The van der Waals surface area contributed by atoms with E-state index in [1.54, 1.807) is 37.3 Å². The van der Waals surface area contributed by atoms with Crippen molar-refractivity contribution in [3.63, 3.8) is 0 Å². The lowest BCUT2D eigenvalue weighted by Gasteiger charge is -2.15. The predicted molar refractivity (Wildman–Crippen MR) is 79.3 cm³/mol. The zero-order valence-electron chi connectivity index (χ0n) is 10.7. The molecule has 2 aromatic carbocycles. The largest absolute Gasteiger partial charge is 0.242 e. The summed E-state index contributed by atoms with van der Waals surface area (Å²) >= 11 is 3.22. The molecule has 1 unspecified atom stereocenters. The first kappa shape index (κ1) is 15.2. The highest BCUT2D eigenvalue weighted by atomic mass is 79.9. The lowest BCUT2D eigenvalue weighted by molar-refractivity contribution is 0.566. The second-order valence-electron chi connectivity index (χ2n) is 4.32. The Balaban J connectivity index is 2.24. The predicted octanol–water partition coefficient (Wildman–Crippen LogP) is 3.63. The van der Waals surface area contributed by atoms with Gasteiger partial charge in [0, 0.05) is 10.5 Å². The van der Waals surface area contributed by atoms with Gasteiger partial charge in [-0.3, -0.25) is 0 Å². The first-order valence-corrected chi connectivity index (χ1v) is 8.20. The first-order valence-electron chi connectivity index (χ1n) is 5.92. The molecule has 0 saturated heterocycles. The van der Waals surface area contributed by atoms with Crippen molar-refractivity contribution in [1.29, 1.82) is 0 Å². The van der Waals surface area contributed by atoms with Gasteiger partial charge in [-0.1, -0.05) is 24.3 Å². The molecule has 6 heteroatoms. The van der Waals surface area contributed by atoms with Crippen LogP contribution in [-0.2, 0) is 10.0 Å². The number of rotatable bonds is 4. The third-order valence-electron chi connectivity index (χ3n) is 2.83. The minimum atomic E-state index is -3.64. The van der Waals surface area contributed by atoms with E-state index in [9.17, 15) is 12.8 Å². The summed E-state index contributed by atoms with van der Waals surface area (Å²) in [5.41, 5.74) is 0.696. The number of nitrogens with one attached hydrogen (secondary N) is 1. The minimum Gasteiger partial charge on any atom is -0.207 e. The second kappa shape index (κ2) is 6.03. The highest BCUT2D eigenvalue weighted by molar-refractivity contribution is 9.10. The molecule has 0 aromatic heterocycles. The molecule has 0 heterocycles. The van der Waals surface area contributed by atoms with Crippen LogP contribution in [0.3, 0.4) is 0 Å². The van der Waals surface area contributed by atoms with Gasteiger partial charge >= 0.3 is 0 Å². The van der Waals surface area contributed by atoms with Crippen molar-refractivity contribution in [3.05, 3.63) is 64.4 Å². The van der Waals surface area contributed by atoms with Gasteiger partial charge in [-0.25, -0.2) is 17.5 Å². The quantitative estimate of drug-likeness (QED) is 0.907. The highest BCUT2D eigenvalue weighted by Gasteiger charge is 2.20. The van der Waals surface area contributed by atoms with Crippen molar-refractivity contribution >= 4 is 26.0 Å². The molecule has 2 rings (SSSR count). The van der Waals surface area contributed by atoms with Gasteiger partial charge in [-0.2, -0.15) is 0 Å². The zero-order valence-corrected chi connectivity index (χ0v) is 13.1. The lowest BCUT2D eigenvalue weighted by atomic mass is 10.1. The number of sulfonamides is 1. The van der Waals surface area contributed by atoms with Gasteiger partial charge in [0.15, 0.2) is 0 Å². The monoisotopic (exact) mass is 357 g/mol. The summed E-state index contributed by atoms with van der Waals surface area (Å²) in [6.07, 6.45) is 0. The third kappa shape index (κ3) is 3.45. The maximum atomic E-state index is 12.9. The average molecular weight is 358 g/mol. The van der Waals surface area contributed by atoms with E-state index >= 15 is 0 Å². The summed E-state index contributed by atoms with van der Waals surface area (Å²) < 4.78 is 40.5. The van der Waals surface area contributed by atoms with Crippen LogP contribution in [0, 0.1) is 5.82 Å². The normalized spacial score (nSPS) is 13.2. The fraction of sp³-hybridized carbons (Fsp3) is 0.143. The zero-order chi connectivity index (χ0) is 14.8. The Hall–Kier alpha value is -1.24. The Morgan fingerprint density at radius 1 is 1.10 bits per heavy atom. The molecule has 20 heavy (non-hydrogen) atoms. The van der Waals surface area contributed by atoms with Crippen LogP contribution in [0.25, 0.3) is 0 Å². The van der Waals surface area contributed by atoms with E-state index in [0.29, 0.717) is 10.0 Å². The molecule has 0 amide bonds. The van der Waals surface area contributed by atoms with E-state index in [4.69, 9.17) is 0 Å². The van der Waals surface area contributed by atoms with E-state index in [1.165, 1.54) is 18.2 Å². The van der Waals surface area contributed by atoms with Crippen LogP contribution >= 0.6 is 15.9 Å². The van der Waals surface area contributed by atoms with Gasteiger partial charge < -0.3 is 0 Å². The molecular weight excluding hydrogens is 345 g/mol. The van der Waals surface area contributed by atoms with Crippen LogP contribution in [0.2, 0.25) is 0 Å². The number of benzene rings is 2. The van der Waals surface area contributed by atoms with Gasteiger partial charge in [-0.05, 0) is 52.7 Å². The Labute approximate surface area is 126 Å². The van der Waals surface area contributed by atoms with Crippen LogP contribution in [0.1, 0.15) is 18.5 Å². The molecule has 0 spiro atoms. The fourth-order valence-corrected chi connectivity index (χ4v) is 4.01. The summed E-state index contributed by atoms with van der Waals surface area (Å²) in [5, 5.41) is 0. The topological polar surface area (TPSA) is 46.2 Å². The molecule has 0 aliphatic heterocycles. The molecule has 3 nitrogen and oxygen atoms in total. The summed E-state index contributed by atoms with van der Waals surface area (Å²) in [6, 6.07) is 11.9. The SMILES string of the molecule is CC(NS(=O)(=O)c1ccccc1Br)c1ccc(F)cc1. The molecule has 106 valence electrons. The Bertz CT molecular complexity index is 701. The molecule has 0 bridgehead atoms. The van der Waals surface area contributed by atoms with Gasteiger partial charge in [0.25, 0.3) is 0 Å². The molecule has 1 atom stereocenters. The van der Waals surface area contributed by atoms with Crippen molar-refractivity contribution in [2.45, 2.75) is 17.9 Å². The Kier molecular flexibility index (Phi) is 4.57. The number of hydrogen-bond acceptors (Lipinski definition) is 2. The van der Waals surface area contributed by atoms with Crippen molar-refractivity contribution in [3.8, 4) is 0 Å². The maximum absolute atomic E-state index is 12.9. The molecule has 0 fully saturated rings. The summed E-state index contributed by atoms with van der Waals surface area (Å²) in [5.74, 6) is -0.352. The summed E-state index contributed by atoms with van der Waals surface area (Å²) in [7, 11) is -3.64. The van der Waals surface area contributed by atoms with E-state index in [0.717, 1.165) is 0 Å². The smallest absolute Gasteiger partial charge is 0.207 e. The van der Waals surface area contributed by atoms with Crippen molar-refractivity contribution < 1.29 is 12.8 Å². The minimum absolute atomic E-state index is 0.175. The Morgan fingerprint density at radius 2 is 1.70 bits per heavy atom. The van der Waals surface area contributed by atoms with Crippen LogP contribution in [0.4, 0.5) is 4.39 Å². The standard InChI is InChI=1S/C14H13BrFNO2S/c1-10(11-6-8-12(16)9-7-11)17-20(18,19)14-5-3-2-4-13(14)15/h2-10,17H,1H3. The van der Waals surface area contributed by atoms with Crippen molar-refractivity contribution in [2.75, 3.05) is 0 Å². The second-order valence-corrected chi connectivity index (χ2v) is 6.86. The molecule has 1 N–H and O–H groups in total. The molecule has 0 aliphatic carbocycles. The summed E-state index contributed by atoms with van der Waals surface area (Å²) in [4.78, 5) is 0.175. The molecule has 0 aliphatic rings. The molecular formula is C14H13BrFNO2S. The van der Waals surface area contributed by atoms with E-state index in [2.05, 4.69) is 20.7 Å². The van der Waals surface area contributed by atoms with Crippen LogP contribution < -0.4 is 4.72 Å². The van der Waals surface area contributed by atoms with Crippen molar-refractivity contribution in [2.24, 2.45) is 0 Å². The molecule has 0 radical (unpaired) electrons. The average Bonchev–Trinajstić information content (AvgIpc) is 2.39. The van der Waals surface area contributed by atoms with Crippen LogP contribution in [0.15, 0.2) is 57.9 Å². The molecule has 2 aromatic rings.